The van der Waals surface area contributed by atoms with E-state index in [1.165, 1.54) is 5.32 Å². The number of nitrogens with one attached hydrogen (secondary N) is 1. The zero-order chi connectivity index (χ0) is 22.3. The molecule has 0 fully saturated rings. The molecular formula is C18H17F7N2O2. The molecule has 1 amide bonds. The van der Waals surface area contributed by atoms with Crippen LogP contribution in [0.25, 0.3) is 11.3 Å². The summed E-state index contributed by atoms with van der Waals surface area (Å²) in [6.07, 6.45) is -6.47. The third-order valence-corrected chi connectivity index (χ3v) is 4.06. The minimum Gasteiger partial charge on any atom is -0.355 e. The maximum Gasteiger partial charge on any atom is 0.459 e. The molecule has 4 nitrogen and oxygen atoms in total. The van der Waals surface area contributed by atoms with Gasteiger partial charge in [0, 0.05) is 11.6 Å². The summed E-state index contributed by atoms with van der Waals surface area (Å²) in [4.78, 5) is 11.8. The van der Waals surface area contributed by atoms with Gasteiger partial charge in [0.05, 0.1) is 6.54 Å². The van der Waals surface area contributed by atoms with Crippen molar-refractivity contribution < 1.29 is 40.1 Å². The van der Waals surface area contributed by atoms with E-state index in [0.29, 0.717) is 5.56 Å². The van der Waals surface area contributed by atoms with E-state index in [1.807, 2.05) is 20.8 Å². The summed E-state index contributed by atoms with van der Waals surface area (Å²) in [7, 11) is 0. The van der Waals surface area contributed by atoms with Gasteiger partial charge >= 0.3 is 18.0 Å². The van der Waals surface area contributed by atoms with E-state index >= 15 is 0 Å². The van der Waals surface area contributed by atoms with E-state index in [0.717, 1.165) is 11.6 Å². The SMILES string of the molecule is CC(C)(C)c1ccc(-c2cc(C(=O)NCC(F)(F)C(F)(F)C(F)(F)F)no2)cc1. The molecule has 0 aliphatic heterocycles. The van der Waals surface area contributed by atoms with E-state index in [2.05, 4.69) is 5.16 Å². The minimum absolute atomic E-state index is 0.0861. The largest absolute Gasteiger partial charge is 0.459 e. The normalized spacial score (nSPS) is 13.4. The molecule has 0 saturated carbocycles. The highest BCUT2D eigenvalue weighted by atomic mass is 19.4. The number of hydrogen-bond acceptors (Lipinski definition) is 3. The Labute approximate surface area is 161 Å². The zero-order valence-electron chi connectivity index (χ0n) is 15.5. The van der Waals surface area contributed by atoms with Crippen molar-refractivity contribution in [3.05, 3.63) is 41.6 Å². The third kappa shape index (κ3) is 4.70. The molecule has 0 bridgehead atoms. The van der Waals surface area contributed by atoms with E-state index in [-0.39, 0.29) is 11.2 Å². The van der Waals surface area contributed by atoms with Gasteiger partial charge in [0.1, 0.15) is 0 Å². The van der Waals surface area contributed by atoms with Crippen molar-refractivity contribution in [1.29, 1.82) is 0 Å². The predicted molar refractivity (Wildman–Crippen MR) is 88.9 cm³/mol. The predicted octanol–water partition coefficient (Wildman–Crippen LogP) is 5.20. The Hall–Kier alpha value is -2.59. The average Bonchev–Trinajstić information content (AvgIpc) is 3.08. The zero-order valence-corrected chi connectivity index (χ0v) is 15.5. The maximum absolute atomic E-state index is 13.2. The second-order valence-electron chi connectivity index (χ2n) is 7.36. The lowest BCUT2D eigenvalue weighted by atomic mass is 9.86. The summed E-state index contributed by atoms with van der Waals surface area (Å²) in [6, 6.07) is 8.00. The van der Waals surface area contributed by atoms with E-state index < -0.39 is 36.2 Å². The number of hydrogen-bond donors (Lipinski definition) is 1. The first-order valence-electron chi connectivity index (χ1n) is 8.24. The van der Waals surface area contributed by atoms with Crippen LogP contribution in [0.1, 0.15) is 36.8 Å². The van der Waals surface area contributed by atoms with Crippen molar-refractivity contribution >= 4 is 5.91 Å². The summed E-state index contributed by atoms with van der Waals surface area (Å²) in [5.74, 6) is -13.2. The van der Waals surface area contributed by atoms with Gasteiger partial charge in [-0.2, -0.15) is 30.7 Å². The number of amides is 1. The molecule has 0 aliphatic carbocycles. The summed E-state index contributed by atoms with van der Waals surface area (Å²) >= 11 is 0. The van der Waals surface area contributed by atoms with Gasteiger partial charge in [-0.25, -0.2) is 0 Å². The molecule has 1 N–H and O–H groups in total. The van der Waals surface area contributed by atoms with Gasteiger partial charge < -0.3 is 9.84 Å². The molecule has 2 aromatic rings. The molecular weight excluding hydrogens is 409 g/mol. The van der Waals surface area contributed by atoms with Crippen LogP contribution in [0, 0.1) is 0 Å². The van der Waals surface area contributed by atoms with E-state index in [9.17, 15) is 35.5 Å². The van der Waals surface area contributed by atoms with Crippen molar-refractivity contribution in [2.75, 3.05) is 6.54 Å². The molecule has 160 valence electrons. The van der Waals surface area contributed by atoms with Gasteiger partial charge in [-0.15, -0.1) is 0 Å². The second-order valence-corrected chi connectivity index (χ2v) is 7.36. The van der Waals surface area contributed by atoms with Crippen LogP contribution in [0.2, 0.25) is 0 Å². The lowest BCUT2D eigenvalue weighted by Crippen LogP contribution is -2.56. The third-order valence-electron chi connectivity index (χ3n) is 4.06. The van der Waals surface area contributed by atoms with Gasteiger partial charge in [0.25, 0.3) is 5.91 Å². The Morgan fingerprint density at radius 3 is 2.03 bits per heavy atom. The van der Waals surface area contributed by atoms with E-state index in [4.69, 9.17) is 4.52 Å². The molecule has 0 aliphatic rings. The highest BCUT2D eigenvalue weighted by Crippen LogP contribution is 2.46. The Morgan fingerprint density at radius 2 is 1.55 bits per heavy atom. The standard InChI is InChI=1S/C18H17F7N2O2/c1-15(2,3)11-6-4-10(5-7-11)13-8-12(27-29-13)14(28)26-9-16(19,20)17(21,22)18(23,24)25/h4-8H,9H2,1-3H3,(H,26,28). The number of halogens is 7. The van der Waals surface area contributed by atoms with Crippen molar-refractivity contribution in [3.63, 3.8) is 0 Å². The number of benzene rings is 1. The number of carbonyl (C=O) groups excluding carboxylic acids is 1. The number of alkyl halides is 7. The van der Waals surface area contributed by atoms with Gasteiger partial charge in [-0.1, -0.05) is 50.2 Å². The number of aromatic nitrogens is 1. The van der Waals surface area contributed by atoms with E-state index in [1.54, 1.807) is 24.3 Å². The molecule has 0 saturated heterocycles. The van der Waals surface area contributed by atoms with Crippen LogP contribution in [0.3, 0.4) is 0 Å². The summed E-state index contributed by atoms with van der Waals surface area (Å²) in [5, 5.41) is 4.65. The molecule has 1 heterocycles. The van der Waals surface area contributed by atoms with Crippen LogP contribution in [0.5, 0.6) is 0 Å². The lowest BCUT2D eigenvalue weighted by molar-refractivity contribution is -0.352. The first-order valence-corrected chi connectivity index (χ1v) is 8.24. The van der Waals surface area contributed by atoms with Crippen molar-refractivity contribution in [3.8, 4) is 11.3 Å². The Bertz CT molecular complexity index is 866. The monoisotopic (exact) mass is 426 g/mol. The number of nitrogens with zero attached hydrogens (tertiary/aromatic N) is 1. The molecule has 0 atom stereocenters. The van der Waals surface area contributed by atoms with Gasteiger partial charge in [0.15, 0.2) is 11.5 Å². The molecule has 11 heteroatoms. The summed E-state index contributed by atoms with van der Waals surface area (Å²) in [5.41, 5.74) is 0.838. The van der Waals surface area contributed by atoms with Crippen LogP contribution in [0.4, 0.5) is 30.7 Å². The topological polar surface area (TPSA) is 55.1 Å². The Balaban J connectivity index is 2.10. The van der Waals surface area contributed by atoms with Gasteiger partial charge in [0.2, 0.25) is 0 Å². The molecule has 1 aromatic carbocycles. The van der Waals surface area contributed by atoms with Gasteiger partial charge in [-0.3, -0.25) is 4.79 Å². The molecule has 0 spiro atoms. The van der Waals surface area contributed by atoms with Crippen LogP contribution in [-0.2, 0) is 5.41 Å². The maximum atomic E-state index is 13.2. The quantitative estimate of drug-likeness (QED) is 0.669. The fourth-order valence-electron chi connectivity index (χ4n) is 2.25. The Kier molecular flexibility index (Phi) is 5.75. The first kappa shape index (κ1) is 22.7. The van der Waals surface area contributed by atoms with Crippen molar-refractivity contribution in [1.82, 2.24) is 10.5 Å². The van der Waals surface area contributed by atoms with Crippen LogP contribution in [-0.4, -0.2) is 35.6 Å². The Morgan fingerprint density at radius 1 is 1.00 bits per heavy atom. The summed E-state index contributed by atoms with van der Waals surface area (Å²) < 4.78 is 93.4. The number of carbonyl (C=O) groups is 1. The molecule has 29 heavy (non-hydrogen) atoms. The lowest BCUT2D eigenvalue weighted by Gasteiger charge is -2.28. The van der Waals surface area contributed by atoms with Gasteiger partial charge in [-0.05, 0) is 11.0 Å². The smallest absolute Gasteiger partial charge is 0.355 e. The molecule has 0 unspecified atom stereocenters. The average molecular weight is 426 g/mol. The fraction of sp³-hybridized carbons (Fsp3) is 0.444. The summed E-state index contributed by atoms with van der Waals surface area (Å²) in [6.45, 7) is 3.76. The molecule has 1 aromatic heterocycles. The van der Waals surface area contributed by atoms with Crippen molar-refractivity contribution in [2.24, 2.45) is 0 Å². The minimum atomic E-state index is -6.47. The molecule has 0 radical (unpaired) electrons. The first-order chi connectivity index (χ1) is 13.1. The highest BCUT2D eigenvalue weighted by Gasteiger charge is 2.72. The second kappa shape index (κ2) is 7.34. The van der Waals surface area contributed by atoms with Crippen LogP contribution in [0.15, 0.2) is 34.9 Å². The highest BCUT2D eigenvalue weighted by molar-refractivity contribution is 5.93. The van der Waals surface area contributed by atoms with Crippen LogP contribution >= 0.6 is 0 Å². The number of rotatable bonds is 5. The molecule has 2 rings (SSSR count). The van der Waals surface area contributed by atoms with Crippen molar-refractivity contribution in [2.45, 2.75) is 44.2 Å². The fourth-order valence-corrected chi connectivity index (χ4v) is 2.25. The van der Waals surface area contributed by atoms with Crippen LogP contribution < -0.4 is 5.32 Å².